The third kappa shape index (κ3) is 3.00. The van der Waals surface area contributed by atoms with Crippen molar-refractivity contribution in [1.82, 2.24) is 14.8 Å². The van der Waals surface area contributed by atoms with Gasteiger partial charge in [0.25, 0.3) is 0 Å². The van der Waals surface area contributed by atoms with Gasteiger partial charge in [0.05, 0.1) is 22.5 Å². The van der Waals surface area contributed by atoms with Crippen LogP contribution in [0.2, 0.25) is 0 Å². The third-order valence-corrected chi connectivity index (χ3v) is 3.59. The van der Waals surface area contributed by atoms with Crippen LogP contribution in [0.25, 0.3) is 0 Å². The number of nitrogen functional groups attached to an aromatic ring is 1. The lowest BCUT2D eigenvalue weighted by molar-refractivity contribution is 0.252. The second-order valence-electron chi connectivity index (χ2n) is 7.88. The summed E-state index contributed by atoms with van der Waals surface area (Å²) >= 11 is 0. The lowest BCUT2D eigenvalue weighted by Gasteiger charge is -2.29. The Hall–Kier alpha value is -2.18. The summed E-state index contributed by atoms with van der Waals surface area (Å²) in [5.41, 5.74) is 8.38. The van der Waals surface area contributed by atoms with Gasteiger partial charge in [-0.05, 0) is 55.4 Å². The Morgan fingerprint density at radius 1 is 1.04 bits per heavy atom. The Balaban J connectivity index is 2.51. The van der Waals surface area contributed by atoms with Crippen LogP contribution in [0.3, 0.4) is 0 Å². The van der Waals surface area contributed by atoms with E-state index in [1.165, 1.54) is 0 Å². The predicted octanol–water partition coefficient (Wildman–Crippen LogP) is 3.07. The average Bonchev–Trinajstić information content (AvgIpc) is 2.81. The molecule has 1 aromatic heterocycles. The quantitative estimate of drug-likeness (QED) is 0.833. The minimum Gasteiger partial charge on any atom is -0.382 e. The highest BCUT2D eigenvalue weighted by Gasteiger charge is 2.34. The molecule has 0 saturated heterocycles. The molecule has 0 atom stereocenters. The smallest absolute Gasteiger partial charge is 0.170 e. The van der Waals surface area contributed by atoms with E-state index >= 15 is 0 Å². The van der Waals surface area contributed by atoms with E-state index in [4.69, 9.17) is 11.1 Å². The molecule has 0 amide bonds. The van der Waals surface area contributed by atoms with Crippen molar-refractivity contribution in [3.63, 3.8) is 0 Å². The highest BCUT2D eigenvalue weighted by Crippen LogP contribution is 2.32. The van der Waals surface area contributed by atoms with E-state index in [1.807, 2.05) is 55.4 Å². The predicted molar refractivity (Wildman–Crippen MR) is 95.9 cm³/mol. The SMILES string of the molecule is CC1=NN(C(C)(C)C)C(=N)/C1=N\c1c(C)nn(C(C)(C)C)c1N. The molecule has 1 aliphatic heterocycles. The van der Waals surface area contributed by atoms with Crippen LogP contribution in [0.15, 0.2) is 10.1 Å². The molecule has 0 unspecified atom stereocenters. The fraction of sp³-hybridized carbons (Fsp3) is 0.625. The van der Waals surface area contributed by atoms with Gasteiger partial charge in [0, 0.05) is 0 Å². The maximum Gasteiger partial charge on any atom is 0.170 e. The number of nitrogens with two attached hydrogens (primary N) is 1. The molecule has 0 bridgehead atoms. The molecule has 126 valence electrons. The first-order chi connectivity index (χ1) is 10.3. The van der Waals surface area contributed by atoms with Gasteiger partial charge >= 0.3 is 0 Å². The first-order valence-electron chi connectivity index (χ1n) is 7.73. The zero-order chi connectivity index (χ0) is 17.7. The van der Waals surface area contributed by atoms with Crippen LogP contribution in [0.1, 0.15) is 54.2 Å². The van der Waals surface area contributed by atoms with Gasteiger partial charge < -0.3 is 5.73 Å². The van der Waals surface area contributed by atoms with Crippen molar-refractivity contribution in [3.8, 4) is 0 Å². The van der Waals surface area contributed by atoms with Crippen LogP contribution in [0.5, 0.6) is 0 Å². The van der Waals surface area contributed by atoms with Crippen LogP contribution in [-0.2, 0) is 5.54 Å². The van der Waals surface area contributed by atoms with Crippen LogP contribution in [-0.4, -0.2) is 37.6 Å². The number of nitrogens with zero attached hydrogens (tertiary/aromatic N) is 5. The molecule has 2 rings (SSSR count). The number of aromatic nitrogens is 2. The first-order valence-corrected chi connectivity index (χ1v) is 7.73. The number of nitrogens with one attached hydrogen (secondary N) is 1. The number of hydrazone groups is 1. The van der Waals surface area contributed by atoms with Crippen molar-refractivity contribution in [2.24, 2.45) is 10.1 Å². The Bertz CT molecular complexity index is 708. The van der Waals surface area contributed by atoms with Gasteiger partial charge in [0.15, 0.2) is 5.84 Å². The molecular formula is C16H27N7. The van der Waals surface area contributed by atoms with Gasteiger partial charge in [-0.3, -0.25) is 5.41 Å². The van der Waals surface area contributed by atoms with E-state index in [9.17, 15) is 0 Å². The second kappa shape index (κ2) is 5.18. The Morgan fingerprint density at radius 2 is 1.61 bits per heavy atom. The molecule has 0 radical (unpaired) electrons. The molecule has 7 nitrogen and oxygen atoms in total. The van der Waals surface area contributed by atoms with Crippen LogP contribution in [0.4, 0.5) is 11.5 Å². The minimum atomic E-state index is -0.272. The molecule has 1 aromatic rings. The van der Waals surface area contributed by atoms with Crippen molar-refractivity contribution in [2.45, 2.75) is 66.5 Å². The number of hydrogen-bond acceptors (Lipinski definition) is 5. The third-order valence-electron chi connectivity index (χ3n) is 3.59. The number of amidine groups is 1. The molecular weight excluding hydrogens is 290 g/mol. The average molecular weight is 317 g/mol. The maximum atomic E-state index is 8.38. The summed E-state index contributed by atoms with van der Waals surface area (Å²) in [5, 5.41) is 19.0. The van der Waals surface area contributed by atoms with Gasteiger partial charge in [0.2, 0.25) is 0 Å². The van der Waals surface area contributed by atoms with E-state index in [-0.39, 0.29) is 16.9 Å². The van der Waals surface area contributed by atoms with Crippen LogP contribution in [0, 0.1) is 12.3 Å². The summed E-state index contributed by atoms with van der Waals surface area (Å²) < 4.78 is 1.77. The summed E-state index contributed by atoms with van der Waals surface area (Å²) in [7, 11) is 0. The molecule has 0 saturated carbocycles. The normalized spacial score (nSPS) is 18.1. The first kappa shape index (κ1) is 17.2. The van der Waals surface area contributed by atoms with E-state index in [0.717, 1.165) is 5.69 Å². The second-order valence-corrected chi connectivity index (χ2v) is 7.88. The van der Waals surface area contributed by atoms with E-state index in [2.05, 4.69) is 15.2 Å². The van der Waals surface area contributed by atoms with Crippen LogP contribution < -0.4 is 5.73 Å². The summed E-state index contributed by atoms with van der Waals surface area (Å²) in [5.74, 6) is 0.801. The molecule has 23 heavy (non-hydrogen) atoms. The lowest BCUT2D eigenvalue weighted by atomic mass is 10.1. The van der Waals surface area contributed by atoms with Gasteiger partial charge in [-0.2, -0.15) is 10.2 Å². The van der Waals surface area contributed by atoms with Crippen molar-refractivity contribution in [1.29, 1.82) is 5.41 Å². The Kier molecular flexibility index (Phi) is 3.87. The molecule has 1 aliphatic rings. The van der Waals surface area contributed by atoms with Crippen LogP contribution >= 0.6 is 0 Å². The van der Waals surface area contributed by atoms with Crippen molar-refractivity contribution in [2.75, 3.05) is 5.73 Å². The monoisotopic (exact) mass is 317 g/mol. The number of rotatable bonds is 1. The standard InChI is InChI=1S/C16H27N7/c1-9-11(13(17)22(20-9)15(3,4)5)19-12-10(2)21-23(14(12)18)16(6,7)8/h17H,18H2,1-8H3/b17-13?,19-11-. The fourth-order valence-electron chi connectivity index (χ4n) is 2.44. The van der Waals surface area contributed by atoms with Crippen molar-refractivity contribution in [3.05, 3.63) is 5.69 Å². The van der Waals surface area contributed by atoms with E-state index in [1.54, 1.807) is 9.69 Å². The van der Waals surface area contributed by atoms with Gasteiger partial charge in [0.1, 0.15) is 17.2 Å². The highest BCUT2D eigenvalue weighted by molar-refractivity contribution is 6.69. The van der Waals surface area contributed by atoms with Crippen molar-refractivity contribution >= 4 is 28.8 Å². The highest BCUT2D eigenvalue weighted by atomic mass is 15.5. The van der Waals surface area contributed by atoms with Gasteiger partial charge in [-0.25, -0.2) is 14.7 Å². The molecule has 0 fully saturated rings. The summed E-state index contributed by atoms with van der Waals surface area (Å²) in [6.45, 7) is 15.9. The number of aliphatic imine (C=N–C) groups is 1. The summed E-state index contributed by atoms with van der Waals surface area (Å²) in [6, 6.07) is 0. The summed E-state index contributed by atoms with van der Waals surface area (Å²) in [6.07, 6.45) is 0. The topological polar surface area (TPSA) is 95.6 Å². The number of hydrogen-bond donors (Lipinski definition) is 2. The lowest BCUT2D eigenvalue weighted by Crippen LogP contribution is -2.41. The molecule has 0 aliphatic carbocycles. The van der Waals surface area contributed by atoms with Gasteiger partial charge in [-0.1, -0.05) is 0 Å². The van der Waals surface area contributed by atoms with E-state index < -0.39 is 0 Å². The largest absolute Gasteiger partial charge is 0.382 e. The summed E-state index contributed by atoms with van der Waals surface area (Å²) in [4.78, 5) is 4.63. The molecule has 7 heteroatoms. The minimum absolute atomic E-state index is 0.225. The fourth-order valence-corrected chi connectivity index (χ4v) is 2.44. The Morgan fingerprint density at radius 3 is 2.00 bits per heavy atom. The van der Waals surface area contributed by atoms with E-state index in [0.29, 0.717) is 22.9 Å². The number of anilines is 1. The molecule has 3 N–H and O–H groups in total. The Labute approximate surface area is 137 Å². The maximum absolute atomic E-state index is 8.38. The zero-order valence-electron chi connectivity index (χ0n) is 15.3. The molecule has 0 spiro atoms. The van der Waals surface area contributed by atoms with Gasteiger partial charge in [-0.15, -0.1) is 0 Å². The molecule has 0 aromatic carbocycles. The number of aryl methyl sites for hydroxylation is 1. The molecule has 2 heterocycles. The zero-order valence-corrected chi connectivity index (χ0v) is 15.3. The van der Waals surface area contributed by atoms with Crippen molar-refractivity contribution < 1.29 is 0 Å².